The summed E-state index contributed by atoms with van der Waals surface area (Å²) in [7, 11) is 1.32. The predicted molar refractivity (Wildman–Crippen MR) is 304 cm³/mol. The first-order chi connectivity index (χ1) is 34.6. The highest BCUT2D eigenvalue weighted by Crippen LogP contribution is 2.38. The molecule has 0 saturated heterocycles. The summed E-state index contributed by atoms with van der Waals surface area (Å²) in [6, 6.07) is 0. The molecule has 0 aliphatic rings. The van der Waals surface area contributed by atoms with Crippen LogP contribution < -0.4 is 4.89 Å². The Labute approximate surface area is 438 Å². The normalized spacial score (nSPS) is 14.3. The summed E-state index contributed by atoms with van der Waals surface area (Å²) in [6.45, 7) is 5.24. The van der Waals surface area contributed by atoms with Crippen LogP contribution in [-0.4, -0.2) is 70.7 Å². The highest BCUT2D eigenvalue weighted by atomic mass is 31.2. The predicted octanol–water partition coefficient (Wildman–Crippen LogP) is 17.7. The topological polar surface area (TPSA) is 94.1 Å². The Morgan fingerprint density at radius 1 is 0.451 bits per heavy atom. The second kappa shape index (κ2) is 53.5. The first-order valence-corrected chi connectivity index (χ1v) is 30.1. The fraction of sp³-hybridized carbons (Fsp3) is 0.694. The van der Waals surface area contributed by atoms with Crippen LogP contribution in [-0.2, 0) is 27.9 Å². The van der Waals surface area contributed by atoms with Crippen LogP contribution in [0.25, 0.3) is 0 Å². The van der Waals surface area contributed by atoms with Gasteiger partial charge in [0.1, 0.15) is 19.3 Å². The zero-order valence-electron chi connectivity index (χ0n) is 46.4. The van der Waals surface area contributed by atoms with Gasteiger partial charge in [0.15, 0.2) is 0 Å². The van der Waals surface area contributed by atoms with Crippen molar-refractivity contribution in [2.24, 2.45) is 0 Å². The van der Waals surface area contributed by atoms with Crippen LogP contribution in [0, 0.1) is 0 Å². The van der Waals surface area contributed by atoms with E-state index in [1.165, 1.54) is 103 Å². The lowest BCUT2D eigenvalue weighted by Gasteiger charge is -2.28. The van der Waals surface area contributed by atoms with Gasteiger partial charge in [-0.05, 0) is 103 Å². The average Bonchev–Trinajstić information content (AvgIpc) is 3.33. The van der Waals surface area contributed by atoms with E-state index in [1.54, 1.807) is 0 Å². The summed E-state index contributed by atoms with van der Waals surface area (Å²) < 4.78 is 34.8. The van der Waals surface area contributed by atoms with Gasteiger partial charge in [-0.1, -0.05) is 220 Å². The lowest BCUT2D eigenvalue weighted by molar-refractivity contribution is -0.870. The number of allylic oxidation sites excluding steroid dienone is 18. The van der Waals surface area contributed by atoms with Crippen LogP contribution in [0.1, 0.15) is 219 Å². The summed E-state index contributed by atoms with van der Waals surface area (Å²) in [5.41, 5.74) is 0. The Morgan fingerprint density at radius 3 is 1.23 bits per heavy atom. The number of rotatable bonds is 52. The molecular weight excluding hydrogens is 902 g/mol. The molecular formula is C62H108NO7P. The molecule has 2 unspecified atom stereocenters. The maximum Gasteiger partial charge on any atom is 0.306 e. The Bertz CT molecular complexity index is 1500. The molecule has 0 fully saturated rings. The first kappa shape index (κ1) is 68.2. The van der Waals surface area contributed by atoms with Gasteiger partial charge in [-0.25, -0.2) is 0 Å². The number of esters is 1. The van der Waals surface area contributed by atoms with Gasteiger partial charge in [0.25, 0.3) is 7.82 Å². The van der Waals surface area contributed by atoms with Gasteiger partial charge in [-0.2, -0.15) is 0 Å². The number of hydrogen-bond acceptors (Lipinski definition) is 7. The van der Waals surface area contributed by atoms with Gasteiger partial charge in [0.2, 0.25) is 0 Å². The molecule has 0 aliphatic heterocycles. The maximum absolute atomic E-state index is 12.8. The summed E-state index contributed by atoms with van der Waals surface area (Å²) in [6.07, 6.45) is 75.5. The number of carbonyl (C=O) groups is 1. The van der Waals surface area contributed by atoms with Gasteiger partial charge in [-0.15, -0.1) is 0 Å². The zero-order chi connectivity index (χ0) is 51.9. The van der Waals surface area contributed by atoms with Crippen LogP contribution in [0.15, 0.2) is 109 Å². The van der Waals surface area contributed by atoms with Crippen molar-refractivity contribution in [2.45, 2.75) is 225 Å². The molecule has 0 spiro atoms. The van der Waals surface area contributed by atoms with Gasteiger partial charge in [0.05, 0.1) is 34.4 Å². The van der Waals surface area contributed by atoms with Crippen molar-refractivity contribution in [3.63, 3.8) is 0 Å². The first-order valence-electron chi connectivity index (χ1n) is 28.6. The number of ether oxygens (including phenoxy) is 2. The molecule has 0 aromatic rings. The third-order valence-electron chi connectivity index (χ3n) is 11.8. The summed E-state index contributed by atoms with van der Waals surface area (Å²) in [5, 5.41) is 0. The Balaban J connectivity index is 4.17. The average molecular weight is 1010 g/mol. The van der Waals surface area contributed by atoms with E-state index in [4.69, 9.17) is 18.5 Å². The van der Waals surface area contributed by atoms with E-state index in [-0.39, 0.29) is 32.2 Å². The molecule has 0 aromatic heterocycles. The van der Waals surface area contributed by atoms with Crippen LogP contribution in [0.4, 0.5) is 0 Å². The van der Waals surface area contributed by atoms with Crippen LogP contribution in [0.5, 0.6) is 0 Å². The molecule has 9 heteroatoms. The quantitative estimate of drug-likeness (QED) is 0.0197. The third-order valence-corrected chi connectivity index (χ3v) is 12.8. The van der Waals surface area contributed by atoms with Gasteiger partial charge in [0, 0.05) is 13.0 Å². The van der Waals surface area contributed by atoms with E-state index < -0.39 is 13.9 Å². The third kappa shape index (κ3) is 57.9. The molecule has 0 rings (SSSR count). The zero-order valence-corrected chi connectivity index (χ0v) is 47.3. The Hall–Kier alpha value is -2.84. The molecule has 2 atom stereocenters. The van der Waals surface area contributed by atoms with E-state index in [9.17, 15) is 14.3 Å². The summed E-state index contributed by atoms with van der Waals surface area (Å²) >= 11 is 0. The number of unbranched alkanes of at least 4 members (excludes halogenated alkanes) is 20. The van der Waals surface area contributed by atoms with Crippen molar-refractivity contribution >= 4 is 13.8 Å². The number of hydrogen-bond donors (Lipinski definition) is 0. The molecule has 0 radical (unpaired) electrons. The van der Waals surface area contributed by atoms with Crippen LogP contribution >= 0.6 is 7.82 Å². The highest BCUT2D eigenvalue weighted by Gasteiger charge is 2.20. The van der Waals surface area contributed by atoms with Gasteiger partial charge >= 0.3 is 5.97 Å². The lowest BCUT2D eigenvalue weighted by Crippen LogP contribution is -2.37. The van der Waals surface area contributed by atoms with Crippen molar-refractivity contribution in [2.75, 3.05) is 54.1 Å². The molecule has 8 nitrogen and oxygen atoms in total. The van der Waals surface area contributed by atoms with Crippen LogP contribution in [0.3, 0.4) is 0 Å². The molecule has 0 amide bonds. The lowest BCUT2D eigenvalue weighted by atomic mass is 10.1. The fourth-order valence-corrected chi connectivity index (χ4v) is 8.17. The Kier molecular flexibility index (Phi) is 51.3. The summed E-state index contributed by atoms with van der Waals surface area (Å²) in [4.78, 5) is 25.3. The van der Waals surface area contributed by atoms with E-state index in [0.29, 0.717) is 17.6 Å². The molecule has 0 bridgehead atoms. The van der Waals surface area contributed by atoms with Crippen molar-refractivity contribution in [1.29, 1.82) is 0 Å². The molecule has 0 aromatic carbocycles. The van der Waals surface area contributed by atoms with Crippen molar-refractivity contribution < 1.29 is 37.3 Å². The van der Waals surface area contributed by atoms with Crippen molar-refractivity contribution in [1.82, 2.24) is 0 Å². The maximum atomic E-state index is 12.8. The fourth-order valence-electron chi connectivity index (χ4n) is 7.44. The smallest absolute Gasteiger partial charge is 0.306 e. The second-order valence-corrected chi connectivity index (χ2v) is 21.3. The molecule has 71 heavy (non-hydrogen) atoms. The molecule has 0 saturated carbocycles. The van der Waals surface area contributed by atoms with E-state index >= 15 is 0 Å². The number of phosphoric acid groups is 1. The number of carbonyl (C=O) groups excluding carboxylic acids is 1. The molecule has 0 heterocycles. The molecule has 408 valence electrons. The van der Waals surface area contributed by atoms with Crippen molar-refractivity contribution in [3.05, 3.63) is 109 Å². The summed E-state index contributed by atoms with van der Waals surface area (Å²) in [5.74, 6) is -0.362. The SMILES string of the molecule is CC/C=C\C/C=C\C/C=C\C/C=C\C/C=C\C/C=C\CCCCCCC(=O)OC(COCCCCCCCCCCCCC/C=C\C/C=C\C/C=C\CCCCCCC)COP(=O)([O-])OCC[N+](C)(C)C. The molecule has 0 N–H and O–H groups in total. The standard InChI is InChI=1S/C62H108NO7P/c1-6-8-10-12-14-16-18-20-22-24-26-28-30-31-32-34-36-38-40-42-44-46-48-50-52-54-57-67-59-61(60-69-71(65,66)68-58-56-63(3,4)5)70-62(64)55-53-51-49-47-45-43-41-39-37-35-33-29-27-25-23-21-19-17-15-13-11-9-7-2/h9,11,15,17-18,20-21,23-24,26-27,29-31,35,37,41,43,61H,6-8,10,12-14,16,19,22,25,28,32-34,36,38-40,42,44-60H2,1-5H3/b11-9-,17-15-,20-18-,23-21-,26-24-,29-27-,31-30-,37-35-,43-41-. The molecule has 0 aliphatic carbocycles. The van der Waals surface area contributed by atoms with Gasteiger partial charge in [-0.3, -0.25) is 9.36 Å². The van der Waals surface area contributed by atoms with E-state index in [0.717, 1.165) is 96.3 Å². The van der Waals surface area contributed by atoms with Crippen molar-refractivity contribution in [3.8, 4) is 0 Å². The minimum absolute atomic E-state index is 0.0140. The van der Waals surface area contributed by atoms with E-state index in [2.05, 4.69) is 123 Å². The number of likely N-dealkylation sites (N-methyl/N-ethyl adjacent to an activating group) is 1. The second-order valence-electron chi connectivity index (χ2n) is 19.9. The number of quaternary nitrogens is 1. The van der Waals surface area contributed by atoms with Crippen LogP contribution in [0.2, 0.25) is 0 Å². The van der Waals surface area contributed by atoms with Gasteiger partial charge < -0.3 is 27.9 Å². The minimum atomic E-state index is -4.55. The highest BCUT2D eigenvalue weighted by molar-refractivity contribution is 7.45. The monoisotopic (exact) mass is 1010 g/mol. The number of nitrogens with zero attached hydrogens (tertiary/aromatic N) is 1. The number of phosphoric ester groups is 1. The largest absolute Gasteiger partial charge is 0.756 e. The minimum Gasteiger partial charge on any atom is -0.756 e. The Morgan fingerprint density at radius 2 is 0.817 bits per heavy atom. The van der Waals surface area contributed by atoms with E-state index in [1.807, 2.05) is 21.1 Å².